The average Bonchev–Trinajstić information content (AvgIpc) is 2.61. The molecule has 2 rings (SSSR count). The van der Waals surface area contributed by atoms with E-state index in [-0.39, 0.29) is 0 Å². The number of carbonyl (C=O) groups excluding carboxylic acids is 1. The first-order valence-electron chi connectivity index (χ1n) is 6.85. The highest BCUT2D eigenvalue weighted by Gasteiger charge is 2.19. The summed E-state index contributed by atoms with van der Waals surface area (Å²) in [5.41, 5.74) is 1.07. The van der Waals surface area contributed by atoms with E-state index in [1.807, 2.05) is 30.5 Å². The van der Waals surface area contributed by atoms with Gasteiger partial charge in [0.1, 0.15) is 17.2 Å². The molecule has 2 aromatic rings. The fourth-order valence-corrected chi connectivity index (χ4v) is 2.82. The topological polar surface area (TPSA) is 50.8 Å². The van der Waals surface area contributed by atoms with Crippen LogP contribution in [0.5, 0.6) is 11.5 Å². The molecule has 0 unspecified atom stereocenters. The van der Waals surface area contributed by atoms with Crippen molar-refractivity contribution < 1.29 is 14.3 Å². The predicted molar refractivity (Wildman–Crippen MR) is 103 cm³/mol. The predicted octanol–water partition coefficient (Wildman–Crippen LogP) is 4.96. The number of hydrogen-bond donors (Lipinski definition) is 2. The van der Waals surface area contributed by atoms with Gasteiger partial charge in [-0.3, -0.25) is 0 Å². The molecular formula is C16H17ClN2O3S2. The fraction of sp³-hybridized carbons (Fsp3) is 0.188. The number of methoxy groups -OCH3 is 2. The molecule has 8 heteroatoms. The van der Waals surface area contributed by atoms with Gasteiger partial charge in [-0.05, 0) is 36.6 Å². The maximum atomic E-state index is 12.4. The molecule has 24 heavy (non-hydrogen) atoms. The standard InChI is InChI=1S/C16H17ClN2O3S2/c1-21-14-9-15(22-2)13(8-12(14)17)19(23)16(20)18-10-4-6-11(24-3)7-5-10/h4-9,23H,1-3H3,(H,18,20). The van der Waals surface area contributed by atoms with Gasteiger partial charge in [-0.2, -0.15) is 0 Å². The Bertz CT molecular complexity index is 726. The Balaban J connectivity index is 2.21. The van der Waals surface area contributed by atoms with E-state index in [2.05, 4.69) is 18.1 Å². The van der Waals surface area contributed by atoms with E-state index in [1.165, 1.54) is 14.2 Å². The first-order chi connectivity index (χ1) is 11.5. The van der Waals surface area contributed by atoms with E-state index < -0.39 is 6.03 Å². The summed E-state index contributed by atoms with van der Waals surface area (Å²) in [4.78, 5) is 13.5. The molecule has 0 aliphatic heterocycles. The molecular weight excluding hydrogens is 368 g/mol. The Morgan fingerprint density at radius 1 is 1.17 bits per heavy atom. The molecule has 0 spiro atoms. The van der Waals surface area contributed by atoms with Crippen molar-refractivity contribution in [3.05, 3.63) is 41.4 Å². The number of carbonyl (C=O) groups is 1. The molecule has 128 valence electrons. The van der Waals surface area contributed by atoms with Crippen molar-refractivity contribution in [3.8, 4) is 11.5 Å². The van der Waals surface area contributed by atoms with E-state index in [0.29, 0.717) is 27.9 Å². The minimum atomic E-state index is -0.435. The van der Waals surface area contributed by atoms with E-state index >= 15 is 0 Å². The van der Waals surface area contributed by atoms with Gasteiger partial charge in [-0.25, -0.2) is 9.10 Å². The number of rotatable bonds is 5. The van der Waals surface area contributed by atoms with Gasteiger partial charge in [0.15, 0.2) is 0 Å². The lowest BCUT2D eigenvalue weighted by Gasteiger charge is -2.20. The molecule has 0 atom stereocenters. The molecule has 0 aliphatic carbocycles. The summed E-state index contributed by atoms with van der Waals surface area (Å²) in [6, 6.07) is 10.2. The van der Waals surface area contributed by atoms with Crippen molar-refractivity contribution in [1.29, 1.82) is 0 Å². The Morgan fingerprint density at radius 2 is 1.79 bits per heavy atom. The van der Waals surface area contributed by atoms with E-state index in [0.717, 1.165) is 9.20 Å². The zero-order valence-corrected chi connectivity index (χ0v) is 15.8. The van der Waals surface area contributed by atoms with Crippen LogP contribution in [0.25, 0.3) is 0 Å². The monoisotopic (exact) mass is 384 g/mol. The number of ether oxygens (including phenoxy) is 2. The number of hydrogen-bond acceptors (Lipinski definition) is 5. The van der Waals surface area contributed by atoms with Crippen LogP contribution >= 0.6 is 36.2 Å². The van der Waals surface area contributed by atoms with Crippen LogP contribution in [0.4, 0.5) is 16.2 Å². The molecule has 2 aromatic carbocycles. The number of benzene rings is 2. The Kier molecular flexibility index (Phi) is 6.53. The second kappa shape index (κ2) is 8.41. The summed E-state index contributed by atoms with van der Waals surface area (Å²) in [5.74, 6) is 0.867. The number of anilines is 2. The van der Waals surface area contributed by atoms with Crippen LogP contribution in [-0.2, 0) is 0 Å². The summed E-state index contributed by atoms with van der Waals surface area (Å²) >= 11 is 12.0. The summed E-state index contributed by atoms with van der Waals surface area (Å²) in [5, 5.41) is 3.11. The number of amides is 2. The third kappa shape index (κ3) is 4.23. The van der Waals surface area contributed by atoms with Crippen molar-refractivity contribution in [2.24, 2.45) is 0 Å². The highest BCUT2D eigenvalue weighted by Crippen LogP contribution is 2.38. The molecule has 0 fully saturated rings. The van der Waals surface area contributed by atoms with Crippen molar-refractivity contribution >= 4 is 53.6 Å². The van der Waals surface area contributed by atoms with Crippen molar-refractivity contribution in [2.75, 3.05) is 30.1 Å². The van der Waals surface area contributed by atoms with E-state index in [1.54, 1.807) is 23.9 Å². The van der Waals surface area contributed by atoms with Crippen LogP contribution in [0, 0.1) is 0 Å². The zero-order valence-electron chi connectivity index (χ0n) is 13.4. The van der Waals surface area contributed by atoms with Crippen LogP contribution in [0.1, 0.15) is 0 Å². The third-order valence-corrected chi connectivity index (χ3v) is 4.65. The molecule has 1 N–H and O–H groups in total. The number of nitrogens with one attached hydrogen (secondary N) is 1. The molecule has 0 saturated carbocycles. The van der Waals surface area contributed by atoms with Gasteiger partial charge in [-0.1, -0.05) is 24.4 Å². The van der Waals surface area contributed by atoms with Gasteiger partial charge in [0.05, 0.1) is 19.2 Å². The minimum Gasteiger partial charge on any atom is -0.495 e. The lowest BCUT2D eigenvalue weighted by Crippen LogP contribution is -2.27. The molecule has 0 saturated heterocycles. The molecule has 2 amide bonds. The maximum Gasteiger partial charge on any atom is 0.336 e. The van der Waals surface area contributed by atoms with Crippen molar-refractivity contribution in [3.63, 3.8) is 0 Å². The van der Waals surface area contributed by atoms with Crippen LogP contribution in [0.3, 0.4) is 0 Å². The average molecular weight is 385 g/mol. The largest absolute Gasteiger partial charge is 0.495 e. The Morgan fingerprint density at radius 3 is 2.33 bits per heavy atom. The van der Waals surface area contributed by atoms with E-state index in [4.69, 9.17) is 21.1 Å². The van der Waals surface area contributed by atoms with Crippen LogP contribution < -0.4 is 19.1 Å². The first-order valence-corrected chi connectivity index (χ1v) is 8.86. The van der Waals surface area contributed by atoms with Gasteiger partial charge in [0.25, 0.3) is 0 Å². The second-order valence-corrected chi connectivity index (χ2v) is 6.32. The molecule has 0 aliphatic rings. The second-order valence-electron chi connectivity index (χ2n) is 4.63. The number of halogens is 1. The normalized spacial score (nSPS) is 10.2. The zero-order chi connectivity index (χ0) is 17.7. The SMILES string of the molecule is COc1cc(OC)c(N(S)C(=O)Nc2ccc(SC)cc2)cc1Cl. The van der Waals surface area contributed by atoms with Crippen LogP contribution in [0.2, 0.25) is 5.02 Å². The third-order valence-electron chi connectivity index (χ3n) is 3.22. The summed E-state index contributed by atoms with van der Waals surface area (Å²) in [6.45, 7) is 0. The van der Waals surface area contributed by atoms with Gasteiger partial charge in [-0.15, -0.1) is 11.8 Å². The van der Waals surface area contributed by atoms with Gasteiger partial charge in [0, 0.05) is 16.6 Å². The highest BCUT2D eigenvalue weighted by molar-refractivity contribution is 7.98. The molecule has 0 aromatic heterocycles. The molecule has 0 radical (unpaired) electrons. The number of urea groups is 1. The van der Waals surface area contributed by atoms with Crippen LogP contribution in [0.15, 0.2) is 41.3 Å². The molecule has 0 heterocycles. The lowest BCUT2D eigenvalue weighted by molar-refractivity contribution is 0.260. The summed E-state index contributed by atoms with van der Waals surface area (Å²) < 4.78 is 11.6. The number of nitrogens with zero attached hydrogens (tertiary/aromatic N) is 1. The van der Waals surface area contributed by atoms with Crippen molar-refractivity contribution in [1.82, 2.24) is 0 Å². The molecule has 0 bridgehead atoms. The van der Waals surface area contributed by atoms with Gasteiger partial charge in [0.2, 0.25) is 0 Å². The quantitative estimate of drug-likeness (QED) is 0.565. The van der Waals surface area contributed by atoms with Crippen LogP contribution in [-0.4, -0.2) is 26.5 Å². The maximum absolute atomic E-state index is 12.4. The van der Waals surface area contributed by atoms with E-state index in [9.17, 15) is 4.79 Å². The fourth-order valence-electron chi connectivity index (χ4n) is 1.97. The van der Waals surface area contributed by atoms with Gasteiger partial charge < -0.3 is 14.8 Å². The smallest absolute Gasteiger partial charge is 0.336 e. The van der Waals surface area contributed by atoms with Gasteiger partial charge >= 0.3 is 6.03 Å². The molecule has 5 nitrogen and oxygen atoms in total. The Labute approximate surface area is 155 Å². The summed E-state index contributed by atoms with van der Waals surface area (Å²) in [6.07, 6.45) is 1.99. The number of thioether (sulfide) groups is 1. The number of thiol groups is 1. The minimum absolute atomic E-state index is 0.351. The first kappa shape index (κ1) is 18.6. The van der Waals surface area contributed by atoms with Crippen molar-refractivity contribution in [2.45, 2.75) is 4.90 Å². The lowest BCUT2D eigenvalue weighted by atomic mass is 10.2. The highest BCUT2D eigenvalue weighted by atomic mass is 35.5. The Hall–Kier alpha value is -1.70. The summed E-state index contributed by atoms with van der Waals surface area (Å²) in [7, 11) is 3.00.